The van der Waals surface area contributed by atoms with E-state index in [-0.39, 0.29) is 23.5 Å². The summed E-state index contributed by atoms with van der Waals surface area (Å²) in [5, 5.41) is 2.73. The number of nitrogens with one attached hydrogen (secondary N) is 2. The van der Waals surface area contributed by atoms with Crippen LogP contribution in [0.25, 0.3) is 0 Å². The molecule has 0 fully saturated rings. The van der Waals surface area contributed by atoms with Crippen molar-refractivity contribution in [3.05, 3.63) is 84.4 Å². The van der Waals surface area contributed by atoms with Crippen LogP contribution in [0, 0.1) is 0 Å². The molecule has 0 aromatic heterocycles. The van der Waals surface area contributed by atoms with Gasteiger partial charge in [-0.1, -0.05) is 30.3 Å². The third-order valence-electron chi connectivity index (χ3n) is 4.58. The van der Waals surface area contributed by atoms with Crippen LogP contribution in [-0.4, -0.2) is 27.5 Å². The molecular formula is C24H26N2O5S. The molecule has 32 heavy (non-hydrogen) atoms. The normalized spacial score (nSPS) is 12.1. The van der Waals surface area contributed by atoms with Crippen LogP contribution in [0.2, 0.25) is 0 Å². The van der Waals surface area contributed by atoms with E-state index in [0.717, 1.165) is 11.3 Å². The lowest BCUT2D eigenvalue weighted by Gasteiger charge is -2.15. The first kappa shape index (κ1) is 23.3. The number of ether oxygens (including phenoxy) is 2. The fraction of sp³-hybridized carbons (Fsp3) is 0.208. The Morgan fingerprint density at radius 2 is 1.47 bits per heavy atom. The van der Waals surface area contributed by atoms with Gasteiger partial charge in [0.05, 0.1) is 11.5 Å². The van der Waals surface area contributed by atoms with Crippen LogP contribution >= 0.6 is 0 Å². The Kier molecular flexibility index (Phi) is 7.86. The molecule has 2 N–H and O–H groups in total. The minimum atomic E-state index is -3.70. The van der Waals surface area contributed by atoms with Crippen molar-refractivity contribution in [2.45, 2.75) is 24.8 Å². The highest BCUT2D eigenvalue weighted by molar-refractivity contribution is 7.89. The van der Waals surface area contributed by atoms with Gasteiger partial charge in [-0.3, -0.25) is 4.79 Å². The van der Waals surface area contributed by atoms with Gasteiger partial charge in [-0.15, -0.1) is 0 Å². The lowest BCUT2D eigenvalue weighted by molar-refractivity contribution is -0.118. The summed E-state index contributed by atoms with van der Waals surface area (Å²) < 4.78 is 38.8. The minimum Gasteiger partial charge on any atom is -0.494 e. The van der Waals surface area contributed by atoms with Gasteiger partial charge in [-0.2, -0.15) is 0 Å². The van der Waals surface area contributed by atoms with Crippen molar-refractivity contribution >= 4 is 21.6 Å². The Labute approximate surface area is 188 Å². The second-order valence-electron chi connectivity index (χ2n) is 7.02. The molecule has 3 rings (SSSR count). The molecule has 1 amide bonds. The van der Waals surface area contributed by atoms with Crippen molar-refractivity contribution in [2.24, 2.45) is 0 Å². The molecule has 3 aromatic carbocycles. The number of carbonyl (C=O) groups is 1. The first-order chi connectivity index (χ1) is 15.4. The molecule has 0 saturated heterocycles. The number of hydrogen-bond acceptors (Lipinski definition) is 5. The molecular weight excluding hydrogens is 428 g/mol. The minimum absolute atomic E-state index is 0.117. The summed E-state index contributed by atoms with van der Waals surface area (Å²) in [6.07, 6.45) is 0. The Morgan fingerprint density at radius 3 is 2.09 bits per heavy atom. The van der Waals surface area contributed by atoms with Gasteiger partial charge in [0, 0.05) is 11.7 Å². The van der Waals surface area contributed by atoms with Crippen molar-refractivity contribution in [2.75, 3.05) is 18.5 Å². The van der Waals surface area contributed by atoms with Gasteiger partial charge in [0.2, 0.25) is 10.0 Å². The first-order valence-electron chi connectivity index (χ1n) is 10.2. The predicted octanol–water partition coefficient (Wildman–Crippen LogP) is 4.14. The van der Waals surface area contributed by atoms with Gasteiger partial charge < -0.3 is 14.8 Å². The fourth-order valence-corrected chi connectivity index (χ4v) is 4.20. The Hall–Kier alpha value is -3.36. The van der Waals surface area contributed by atoms with Crippen molar-refractivity contribution in [3.8, 4) is 11.5 Å². The second-order valence-corrected chi connectivity index (χ2v) is 8.73. The number of rotatable bonds is 10. The third-order valence-corrected chi connectivity index (χ3v) is 6.14. The summed E-state index contributed by atoms with van der Waals surface area (Å²) in [4.78, 5) is 12.2. The van der Waals surface area contributed by atoms with Gasteiger partial charge >= 0.3 is 0 Å². The van der Waals surface area contributed by atoms with Crippen LogP contribution in [-0.2, 0) is 14.8 Å². The molecule has 1 atom stereocenters. The molecule has 0 heterocycles. The summed E-state index contributed by atoms with van der Waals surface area (Å²) in [6.45, 7) is 4.05. The zero-order valence-electron chi connectivity index (χ0n) is 17.9. The van der Waals surface area contributed by atoms with E-state index in [1.807, 2.05) is 37.3 Å². The van der Waals surface area contributed by atoms with Crippen LogP contribution in [0.1, 0.15) is 25.5 Å². The van der Waals surface area contributed by atoms with E-state index < -0.39 is 10.0 Å². The van der Waals surface area contributed by atoms with E-state index in [9.17, 15) is 13.2 Å². The summed E-state index contributed by atoms with van der Waals surface area (Å²) in [6, 6.07) is 21.9. The maximum Gasteiger partial charge on any atom is 0.262 e. The van der Waals surface area contributed by atoms with Gasteiger partial charge in [0.1, 0.15) is 11.5 Å². The molecule has 0 aliphatic rings. The van der Waals surface area contributed by atoms with E-state index in [4.69, 9.17) is 9.47 Å². The van der Waals surface area contributed by atoms with Gasteiger partial charge in [-0.25, -0.2) is 13.1 Å². The predicted molar refractivity (Wildman–Crippen MR) is 123 cm³/mol. The zero-order valence-corrected chi connectivity index (χ0v) is 18.8. The van der Waals surface area contributed by atoms with Crippen molar-refractivity contribution in [1.82, 2.24) is 4.72 Å². The van der Waals surface area contributed by atoms with Gasteiger partial charge in [0.15, 0.2) is 6.61 Å². The Morgan fingerprint density at radius 1 is 0.875 bits per heavy atom. The molecule has 0 radical (unpaired) electrons. The van der Waals surface area contributed by atoms with E-state index in [1.54, 1.807) is 31.2 Å². The maximum atomic E-state index is 12.6. The monoisotopic (exact) mass is 454 g/mol. The molecule has 7 nitrogen and oxygen atoms in total. The number of amides is 1. The van der Waals surface area contributed by atoms with E-state index in [0.29, 0.717) is 18.0 Å². The molecule has 3 aromatic rings. The fourth-order valence-electron chi connectivity index (χ4n) is 2.97. The van der Waals surface area contributed by atoms with Crippen LogP contribution in [0.15, 0.2) is 83.8 Å². The van der Waals surface area contributed by atoms with Crippen molar-refractivity contribution in [3.63, 3.8) is 0 Å². The number of hydrogen-bond donors (Lipinski definition) is 2. The average Bonchev–Trinajstić information content (AvgIpc) is 2.80. The highest BCUT2D eigenvalue weighted by Gasteiger charge is 2.18. The molecule has 0 unspecified atom stereocenters. The summed E-state index contributed by atoms with van der Waals surface area (Å²) in [5.74, 6) is 0.788. The molecule has 8 heteroatoms. The van der Waals surface area contributed by atoms with Crippen molar-refractivity contribution < 1.29 is 22.7 Å². The average molecular weight is 455 g/mol. The van der Waals surface area contributed by atoms with Crippen LogP contribution in [0.4, 0.5) is 5.69 Å². The van der Waals surface area contributed by atoms with Crippen molar-refractivity contribution in [1.29, 1.82) is 0 Å². The Balaban J connectivity index is 1.53. The smallest absolute Gasteiger partial charge is 0.262 e. The summed E-state index contributed by atoms with van der Waals surface area (Å²) in [7, 11) is -3.70. The lowest BCUT2D eigenvalue weighted by atomic mass is 10.1. The standard InChI is InChI=1S/C24H26N2O5S/c1-3-30-21-11-9-20(10-12-21)25-24(27)17-31-22-13-15-23(16-14-22)32(28,29)26-18(2)19-7-5-4-6-8-19/h4-16,18,26H,3,17H2,1-2H3,(H,25,27)/t18-/m0/s1. The molecule has 0 spiro atoms. The number of benzene rings is 3. The molecule has 0 aliphatic carbocycles. The topological polar surface area (TPSA) is 93.7 Å². The highest BCUT2D eigenvalue weighted by atomic mass is 32.2. The SMILES string of the molecule is CCOc1ccc(NC(=O)COc2ccc(S(=O)(=O)N[C@@H](C)c3ccccc3)cc2)cc1. The zero-order chi connectivity index (χ0) is 23.0. The Bertz CT molecular complexity index is 1120. The van der Waals surface area contributed by atoms with Crippen LogP contribution in [0.5, 0.6) is 11.5 Å². The number of sulfonamides is 1. The number of anilines is 1. The van der Waals surface area contributed by atoms with Crippen LogP contribution in [0.3, 0.4) is 0 Å². The van der Waals surface area contributed by atoms with Crippen LogP contribution < -0.4 is 19.5 Å². The molecule has 0 bridgehead atoms. The lowest BCUT2D eigenvalue weighted by Crippen LogP contribution is -2.26. The number of carbonyl (C=O) groups excluding carboxylic acids is 1. The summed E-state index contributed by atoms with van der Waals surface area (Å²) >= 11 is 0. The summed E-state index contributed by atoms with van der Waals surface area (Å²) in [5.41, 5.74) is 1.50. The largest absolute Gasteiger partial charge is 0.494 e. The van der Waals surface area contributed by atoms with Gasteiger partial charge in [-0.05, 0) is 67.9 Å². The quantitative estimate of drug-likeness (QED) is 0.480. The molecule has 168 valence electrons. The molecule has 0 aliphatic heterocycles. The van der Waals surface area contributed by atoms with Gasteiger partial charge in [0.25, 0.3) is 5.91 Å². The highest BCUT2D eigenvalue weighted by Crippen LogP contribution is 2.20. The third kappa shape index (κ3) is 6.57. The van der Waals surface area contributed by atoms with E-state index in [2.05, 4.69) is 10.0 Å². The van der Waals surface area contributed by atoms with E-state index in [1.165, 1.54) is 24.3 Å². The van der Waals surface area contributed by atoms with E-state index >= 15 is 0 Å². The maximum absolute atomic E-state index is 12.6. The first-order valence-corrected chi connectivity index (χ1v) is 11.7. The molecule has 0 saturated carbocycles. The second kappa shape index (κ2) is 10.8.